The highest BCUT2D eigenvalue weighted by molar-refractivity contribution is 5.80. The third-order valence-electron chi connectivity index (χ3n) is 4.98. The second-order valence-corrected chi connectivity index (χ2v) is 6.80. The SMILES string of the molecule is CC1(C)CCCCC1C(=O)N1CCC(CCN)C1. The summed E-state index contributed by atoms with van der Waals surface area (Å²) in [5, 5.41) is 0. The molecule has 2 rings (SSSR count). The second-order valence-electron chi connectivity index (χ2n) is 6.80. The summed E-state index contributed by atoms with van der Waals surface area (Å²) in [7, 11) is 0. The number of rotatable bonds is 3. The fraction of sp³-hybridized carbons (Fsp3) is 0.933. The van der Waals surface area contributed by atoms with Gasteiger partial charge in [-0.05, 0) is 43.6 Å². The van der Waals surface area contributed by atoms with Crippen LogP contribution in [0.4, 0.5) is 0 Å². The van der Waals surface area contributed by atoms with Crippen LogP contribution < -0.4 is 5.73 Å². The molecule has 0 spiro atoms. The van der Waals surface area contributed by atoms with Crippen molar-refractivity contribution in [2.24, 2.45) is 23.0 Å². The van der Waals surface area contributed by atoms with Crippen molar-refractivity contribution < 1.29 is 4.79 Å². The first kappa shape index (κ1) is 13.9. The molecule has 1 saturated heterocycles. The van der Waals surface area contributed by atoms with E-state index in [1.165, 1.54) is 19.3 Å². The first-order valence-electron chi connectivity index (χ1n) is 7.53. The van der Waals surface area contributed by atoms with Crippen LogP contribution in [-0.2, 0) is 4.79 Å². The van der Waals surface area contributed by atoms with Gasteiger partial charge in [0.1, 0.15) is 0 Å². The topological polar surface area (TPSA) is 46.3 Å². The lowest BCUT2D eigenvalue weighted by molar-refractivity contribution is -0.140. The molecule has 1 aliphatic carbocycles. The number of carbonyl (C=O) groups is 1. The molecule has 0 aromatic carbocycles. The molecule has 2 N–H and O–H groups in total. The van der Waals surface area contributed by atoms with Crippen molar-refractivity contribution in [3.63, 3.8) is 0 Å². The quantitative estimate of drug-likeness (QED) is 0.838. The van der Waals surface area contributed by atoms with E-state index < -0.39 is 0 Å². The first-order chi connectivity index (χ1) is 8.54. The van der Waals surface area contributed by atoms with Crippen molar-refractivity contribution >= 4 is 5.91 Å². The number of hydrogen-bond donors (Lipinski definition) is 1. The lowest BCUT2D eigenvalue weighted by Gasteiger charge is -2.39. The van der Waals surface area contributed by atoms with Crippen LogP contribution in [0.2, 0.25) is 0 Å². The van der Waals surface area contributed by atoms with Crippen LogP contribution in [-0.4, -0.2) is 30.4 Å². The molecule has 1 amide bonds. The van der Waals surface area contributed by atoms with E-state index in [1.54, 1.807) is 0 Å². The third kappa shape index (κ3) is 2.87. The summed E-state index contributed by atoms with van der Waals surface area (Å²) in [4.78, 5) is 14.8. The van der Waals surface area contributed by atoms with Crippen LogP contribution in [0.5, 0.6) is 0 Å². The van der Waals surface area contributed by atoms with Gasteiger partial charge < -0.3 is 10.6 Å². The van der Waals surface area contributed by atoms with Crippen molar-refractivity contribution in [3.05, 3.63) is 0 Å². The second kappa shape index (κ2) is 5.60. The molecule has 1 saturated carbocycles. The number of likely N-dealkylation sites (tertiary alicyclic amines) is 1. The summed E-state index contributed by atoms with van der Waals surface area (Å²) < 4.78 is 0. The Morgan fingerprint density at radius 2 is 2.11 bits per heavy atom. The predicted molar refractivity (Wildman–Crippen MR) is 74.1 cm³/mol. The zero-order valence-electron chi connectivity index (χ0n) is 12.0. The minimum atomic E-state index is 0.196. The number of hydrogen-bond acceptors (Lipinski definition) is 2. The average Bonchev–Trinajstić information content (AvgIpc) is 2.77. The van der Waals surface area contributed by atoms with E-state index >= 15 is 0 Å². The van der Waals surface area contributed by atoms with E-state index in [4.69, 9.17) is 5.73 Å². The van der Waals surface area contributed by atoms with Gasteiger partial charge >= 0.3 is 0 Å². The summed E-state index contributed by atoms with van der Waals surface area (Å²) in [6.07, 6.45) is 7.01. The summed E-state index contributed by atoms with van der Waals surface area (Å²) in [5.41, 5.74) is 5.81. The molecule has 0 radical (unpaired) electrons. The van der Waals surface area contributed by atoms with E-state index in [1.807, 2.05) is 0 Å². The Hall–Kier alpha value is -0.570. The molecule has 2 atom stereocenters. The maximum atomic E-state index is 12.7. The standard InChI is InChI=1S/C15H28N2O/c1-15(2)8-4-3-5-13(15)14(18)17-10-7-12(11-17)6-9-16/h12-13H,3-11,16H2,1-2H3. The van der Waals surface area contributed by atoms with Crippen LogP contribution in [0.1, 0.15) is 52.4 Å². The zero-order valence-corrected chi connectivity index (χ0v) is 12.0. The van der Waals surface area contributed by atoms with E-state index in [2.05, 4.69) is 18.7 Å². The van der Waals surface area contributed by atoms with Gasteiger partial charge in [-0.2, -0.15) is 0 Å². The predicted octanol–water partition coefficient (Wildman–Crippen LogP) is 2.40. The Morgan fingerprint density at radius 3 is 2.78 bits per heavy atom. The summed E-state index contributed by atoms with van der Waals surface area (Å²) >= 11 is 0. The van der Waals surface area contributed by atoms with Gasteiger partial charge in [-0.1, -0.05) is 26.7 Å². The fourth-order valence-electron chi connectivity index (χ4n) is 3.68. The van der Waals surface area contributed by atoms with Crippen LogP contribution in [0.15, 0.2) is 0 Å². The Balaban J connectivity index is 1.95. The van der Waals surface area contributed by atoms with E-state index in [0.29, 0.717) is 11.8 Å². The first-order valence-corrected chi connectivity index (χ1v) is 7.53. The summed E-state index contributed by atoms with van der Waals surface area (Å²) in [6.45, 7) is 7.19. The molecule has 0 aromatic heterocycles. The summed E-state index contributed by atoms with van der Waals surface area (Å²) in [6, 6.07) is 0. The molecule has 2 fully saturated rings. The Kier molecular flexibility index (Phi) is 4.31. The normalized spacial score (nSPS) is 31.6. The third-order valence-corrected chi connectivity index (χ3v) is 4.98. The number of nitrogens with zero attached hydrogens (tertiary/aromatic N) is 1. The van der Waals surface area contributed by atoms with Gasteiger partial charge in [-0.25, -0.2) is 0 Å². The maximum absolute atomic E-state index is 12.7. The molecule has 2 unspecified atom stereocenters. The van der Waals surface area contributed by atoms with Gasteiger partial charge in [-0.15, -0.1) is 0 Å². The van der Waals surface area contributed by atoms with E-state index in [0.717, 1.165) is 38.9 Å². The smallest absolute Gasteiger partial charge is 0.226 e. The van der Waals surface area contributed by atoms with Crippen molar-refractivity contribution in [3.8, 4) is 0 Å². The van der Waals surface area contributed by atoms with Gasteiger partial charge in [0.15, 0.2) is 0 Å². The van der Waals surface area contributed by atoms with Crippen LogP contribution in [0.25, 0.3) is 0 Å². The summed E-state index contributed by atoms with van der Waals surface area (Å²) in [5.74, 6) is 1.31. The Labute approximate surface area is 111 Å². The number of amides is 1. The van der Waals surface area contributed by atoms with E-state index in [9.17, 15) is 4.79 Å². The van der Waals surface area contributed by atoms with Crippen LogP contribution in [0, 0.1) is 17.3 Å². The molecule has 104 valence electrons. The molecular weight excluding hydrogens is 224 g/mol. The van der Waals surface area contributed by atoms with Crippen molar-refractivity contribution in [2.45, 2.75) is 52.4 Å². The van der Waals surface area contributed by atoms with Gasteiger partial charge in [-0.3, -0.25) is 4.79 Å². The Bertz CT molecular complexity index is 301. The monoisotopic (exact) mass is 252 g/mol. The van der Waals surface area contributed by atoms with Gasteiger partial charge in [0.05, 0.1) is 0 Å². The minimum Gasteiger partial charge on any atom is -0.342 e. The lowest BCUT2D eigenvalue weighted by Crippen LogP contribution is -2.42. The van der Waals surface area contributed by atoms with Crippen molar-refractivity contribution in [1.82, 2.24) is 4.90 Å². The van der Waals surface area contributed by atoms with Crippen LogP contribution >= 0.6 is 0 Å². The van der Waals surface area contributed by atoms with E-state index in [-0.39, 0.29) is 11.3 Å². The van der Waals surface area contributed by atoms with Crippen molar-refractivity contribution in [1.29, 1.82) is 0 Å². The molecule has 3 nitrogen and oxygen atoms in total. The molecular formula is C15H28N2O. The molecule has 2 aliphatic rings. The largest absolute Gasteiger partial charge is 0.342 e. The number of nitrogens with two attached hydrogens (primary N) is 1. The average molecular weight is 252 g/mol. The molecule has 1 aliphatic heterocycles. The highest BCUT2D eigenvalue weighted by Crippen LogP contribution is 2.42. The molecule has 0 bridgehead atoms. The Morgan fingerprint density at radius 1 is 1.33 bits per heavy atom. The lowest BCUT2D eigenvalue weighted by atomic mass is 9.68. The zero-order chi connectivity index (χ0) is 13.2. The number of carbonyl (C=O) groups excluding carboxylic acids is 1. The highest BCUT2D eigenvalue weighted by atomic mass is 16.2. The molecule has 3 heteroatoms. The van der Waals surface area contributed by atoms with Gasteiger partial charge in [0.25, 0.3) is 0 Å². The molecule has 1 heterocycles. The van der Waals surface area contributed by atoms with Crippen LogP contribution in [0.3, 0.4) is 0 Å². The maximum Gasteiger partial charge on any atom is 0.226 e. The van der Waals surface area contributed by atoms with Crippen molar-refractivity contribution in [2.75, 3.05) is 19.6 Å². The van der Waals surface area contributed by atoms with Gasteiger partial charge in [0, 0.05) is 19.0 Å². The molecule has 0 aromatic rings. The molecule has 18 heavy (non-hydrogen) atoms. The minimum absolute atomic E-state index is 0.196. The highest BCUT2D eigenvalue weighted by Gasteiger charge is 2.40. The fourth-order valence-corrected chi connectivity index (χ4v) is 3.68. The van der Waals surface area contributed by atoms with Gasteiger partial charge in [0.2, 0.25) is 5.91 Å².